The number of hydrogen-bond acceptors (Lipinski definition) is 10. The number of hydrogen-bond donors (Lipinski definition) is 3. The van der Waals surface area contributed by atoms with Gasteiger partial charge in [-0.05, 0) is 46.2 Å². The predicted octanol–water partition coefficient (Wildman–Crippen LogP) is 3.23. The zero-order valence-corrected chi connectivity index (χ0v) is 21.7. The van der Waals surface area contributed by atoms with E-state index in [0.717, 1.165) is 0 Å². The van der Waals surface area contributed by atoms with Gasteiger partial charge < -0.3 is 26.4 Å². The maximum Gasteiger partial charge on any atom is 0.410 e. The highest BCUT2D eigenvalue weighted by Gasteiger charge is 2.34. The normalized spacial score (nSPS) is 16.4. The van der Waals surface area contributed by atoms with Crippen molar-refractivity contribution in [3.8, 4) is 6.07 Å². The fourth-order valence-corrected chi connectivity index (χ4v) is 4.55. The fraction of sp³-hybridized carbons (Fsp3) is 0.417. The summed E-state index contributed by atoms with van der Waals surface area (Å²) in [4.78, 5) is 40.8. The molecule has 1 fully saturated rings. The first-order valence-corrected chi connectivity index (χ1v) is 12.1. The number of nitrogens with zero attached hydrogens (tertiary/aromatic N) is 6. The number of benzene rings is 1. The second kappa shape index (κ2) is 9.74. The highest BCUT2D eigenvalue weighted by Crippen LogP contribution is 2.30. The van der Waals surface area contributed by atoms with E-state index in [-0.39, 0.29) is 51.7 Å². The molecule has 1 amide bonds. The number of carbonyl (C=O) groups excluding carboxylic acids is 1. The summed E-state index contributed by atoms with van der Waals surface area (Å²) in [5.74, 6) is 0.319. The van der Waals surface area contributed by atoms with E-state index in [9.17, 15) is 14.9 Å². The molecular weight excluding hydrogens is 498 g/mol. The molecule has 4 rings (SSSR count). The van der Waals surface area contributed by atoms with Crippen LogP contribution in [0.5, 0.6) is 0 Å². The monoisotopic (exact) mass is 525 g/mol. The average Bonchev–Trinajstić information content (AvgIpc) is 3.27. The fourth-order valence-electron chi connectivity index (χ4n) is 4.30. The third-order valence-corrected chi connectivity index (χ3v) is 6.21. The van der Waals surface area contributed by atoms with Crippen LogP contribution in [0.1, 0.15) is 57.6 Å². The Morgan fingerprint density at radius 1 is 1.30 bits per heavy atom. The number of halogens is 1. The standard InChI is InChI=1S/C24H28ClN9O3/c1-12(29-19-14(10-26)18(27)31-22(28)32-19)20-30-16-7-5-6-15(25)17(16)21(35)34(20)13-8-9-33(11-13)23(36)37-24(2,3)4/h5-7,12-13H,8-9,11H2,1-4H3,(H5,27,28,29,31,32)/t12-,13-/m0/s1. The molecule has 1 aliphatic heterocycles. The third-order valence-electron chi connectivity index (χ3n) is 5.89. The second-order valence-corrected chi connectivity index (χ2v) is 10.2. The summed E-state index contributed by atoms with van der Waals surface area (Å²) in [5, 5.41) is 13.2. The van der Waals surface area contributed by atoms with E-state index in [1.54, 1.807) is 55.4 Å². The lowest BCUT2D eigenvalue weighted by atomic mass is 10.1. The molecule has 1 aromatic carbocycles. The van der Waals surface area contributed by atoms with Gasteiger partial charge in [0.2, 0.25) is 5.95 Å². The van der Waals surface area contributed by atoms with Gasteiger partial charge in [-0.25, -0.2) is 9.78 Å². The van der Waals surface area contributed by atoms with Gasteiger partial charge in [-0.2, -0.15) is 15.2 Å². The number of ether oxygens (including phenoxy) is 1. The first kappa shape index (κ1) is 26.0. The molecule has 1 aliphatic rings. The summed E-state index contributed by atoms with van der Waals surface area (Å²) >= 11 is 6.39. The average molecular weight is 526 g/mol. The maximum absolute atomic E-state index is 13.8. The van der Waals surface area contributed by atoms with Crippen molar-refractivity contribution in [3.05, 3.63) is 45.0 Å². The molecule has 0 unspecified atom stereocenters. The van der Waals surface area contributed by atoms with E-state index < -0.39 is 17.7 Å². The third kappa shape index (κ3) is 5.22. The topological polar surface area (TPSA) is 178 Å². The van der Waals surface area contributed by atoms with Gasteiger partial charge in [0.05, 0.1) is 28.0 Å². The van der Waals surface area contributed by atoms with Crippen molar-refractivity contribution in [3.63, 3.8) is 0 Å². The maximum atomic E-state index is 13.8. The second-order valence-electron chi connectivity index (χ2n) is 9.82. The van der Waals surface area contributed by atoms with Gasteiger partial charge in [-0.15, -0.1) is 0 Å². The van der Waals surface area contributed by atoms with Gasteiger partial charge in [0.1, 0.15) is 28.9 Å². The Morgan fingerprint density at radius 2 is 2.03 bits per heavy atom. The van der Waals surface area contributed by atoms with E-state index in [4.69, 9.17) is 32.8 Å². The number of nitrogens with one attached hydrogen (secondary N) is 1. The highest BCUT2D eigenvalue weighted by molar-refractivity contribution is 6.35. The Morgan fingerprint density at radius 3 is 2.70 bits per heavy atom. The van der Waals surface area contributed by atoms with Crippen LogP contribution in [0.25, 0.3) is 10.9 Å². The van der Waals surface area contributed by atoms with Crippen LogP contribution in [-0.4, -0.2) is 49.2 Å². The van der Waals surface area contributed by atoms with Crippen LogP contribution in [0.15, 0.2) is 23.0 Å². The smallest absolute Gasteiger partial charge is 0.410 e. The van der Waals surface area contributed by atoms with E-state index in [1.165, 1.54) is 0 Å². The number of nitrogens with two attached hydrogens (primary N) is 2. The molecular formula is C24H28ClN9O3. The van der Waals surface area contributed by atoms with Crippen LogP contribution in [0.4, 0.5) is 22.4 Å². The molecule has 1 saturated heterocycles. The summed E-state index contributed by atoms with van der Waals surface area (Å²) in [7, 11) is 0. The number of rotatable bonds is 4. The molecule has 0 saturated carbocycles. The number of amides is 1. The van der Waals surface area contributed by atoms with Crippen LogP contribution < -0.4 is 22.3 Å². The number of fused-ring (bicyclic) bond motifs is 1. The number of anilines is 3. The van der Waals surface area contributed by atoms with Crippen molar-refractivity contribution >= 4 is 46.2 Å². The summed E-state index contributed by atoms with van der Waals surface area (Å²) in [5.41, 5.74) is 11.1. The van der Waals surface area contributed by atoms with Crippen molar-refractivity contribution in [2.75, 3.05) is 29.9 Å². The lowest BCUT2D eigenvalue weighted by Gasteiger charge is -2.26. The molecule has 5 N–H and O–H groups in total. The molecule has 3 aromatic rings. The minimum absolute atomic E-state index is 0.0238. The van der Waals surface area contributed by atoms with Crippen molar-refractivity contribution in [2.45, 2.75) is 51.8 Å². The quantitative estimate of drug-likeness (QED) is 0.457. The van der Waals surface area contributed by atoms with E-state index >= 15 is 0 Å². The molecule has 2 aromatic heterocycles. The van der Waals surface area contributed by atoms with Crippen LogP contribution >= 0.6 is 11.6 Å². The van der Waals surface area contributed by atoms with Gasteiger partial charge >= 0.3 is 6.09 Å². The van der Waals surface area contributed by atoms with Crippen molar-refractivity contribution < 1.29 is 9.53 Å². The first-order valence-electron chi connectivity index (χ1n) is 11.7. The highest BCUT2D eigenvalue weighted by atomic mass is 35.5. The Hall–Kier alpha value is -4.11. The van der Waals surface area contributed by atoms with Crippen molar-refractivity contribution in [1.29, 1.82) is 5.26 Å². The Balaban J connectivity index is 1.78. The first-order chi connectivity index (χ1) is 17.4. The number of likely N-dealkylation sites (tertiary alicyclic amines) is 1. The predicted molar refractivity (Wildman–Crippen MR) is 140 cm³/mol. The number of aromatic nitrogens is 4. The number of carbonyl (C=O) groups is 1. The summed E-state index contributed by atoms with van der Waals surface area (Å²) in [6.07, 6.45) is 0.0565. The lowest BCUT2D eigenvalue weighted by molar-refractivity contribution is 0.0288. The van der Waals surface area contributed by atoms with E-state index in [2.05, 4.69) is 15.3 Å². The molecule has 0 spiro atoms. The van der Waals surface area contributed by atoms with Crippen LogP contribution in [0.2, 0.25) is 5.02 Å². The molecule has 0 aliphatic carbocycles. The summed E-state index contributed by atoms with van der Waals surface area (Å²) in [6.45, 7) is 7.82. The van der Waals surface area contributed by atoms with Crippen molar-refractivity contribution in [1.82, 2.24) is 24.4 Å². The van der Waals surface area contributed by atoms with E-state index in [1.807, 2.05) is 6.07 Å². The Labute approximate surface area is 218 Å². The molecule has 2 atom stereocenters. The molecule has 37 heavy (non-hydrogen) atoms. The minimum Gasteiger partial charge on any atom is -0.444 e. The minimum atomic E-state index is -0.646. The van der Waals surface area contributed by atoms with Gasteiger partial charge in [0.15, 0.2) is 5.82 Å². The molecule has 194 valence electrons. The van der Waals surface area contributed by atoms with E-state index in [0.29, 0.717) is 24.3 Å². The van der Waals surface area contributed by atoms with Gasteiger partial charge in [-0.1, -0.05) is 17.7 Å². The molecule has 12 nitrogen and oxygen atoms in total. The van der Waals surface area contributed by atoms with Crippen LogP contribution in [0, 0.1) is 11.3 Å². The van der Waals surface area contributed by atoms with Crippen molar-refractivity contribution in [2.24, 2.45) is 0 Å². The molecule has 0 bridgehead atoms. The number of nitrogen functional groups attached to an aromatic ring is 2. The van der Waals surface area contributed by atoms with Gasteiger partial charge in [0, 0.05) is 13.1 Å². The number of nitriles is 1. The van der Waals surface area contributed by atoms with Crippen LogP contribution in [-0.2, 0) is 4.74 Å². The Bertz CT molecular complexity index is 1480. The molecule has 13 heteroatoms. The summed E-state index contributed by atoms with van der Waals surface area (Å²) < 4.78 is 7.06. The van der Waals surface area contributed by atoms with Gasteiger partial charge in [0.25, 0.3) is 5.56 Å². The summed E-state index contributed by atoms with van der Waals surface area (Å²) in [6, 6.07) is 6.01. The zero-order valence-electron chi connectivity index (χ0n) is 20.9. The SMILES string of the molecule is C[C@H](Nc1nc(N)nc(N)c1C#N)c1nc2cccc(Cl)c2c(=O)n1[C@H]1CCN(C(=O)OC(C)(C)C)C1. The van der Waals surface area contributed by atoms with Gasteiger partial charge in [-0.3, -0.25) is 9.36 Å². The van der Waals surface area contributed by atoms with Crippen LogP contribution in [0.3, 0.4) is 0 Å². The zero-order chi connectivity index (χ0) is 27.1. The largest absolute Gasteiger partial charge is 0.444 e. The molecule has 3 heterocycles. The lowest BCUT2D eigenvalue weighted by Crippen LogP contribution is -2.37. The Kier molecular flexibility index (Phi) is 6.84. The molecule has 0 radical (unpaired) electrons.